The number of para-hydroxylation sites is 1. The summed E-state index contributed by atoms with van der Waals surface area (Å²) in [5.41, 5.74) is 2.25. The highest BCUT2D eigenvalue weighted by Crippen LogP contribution is 2.35. The van der Waals surface area contributed by atoms with Crippen LogP contribution in [0.3, 0.4) is 0 Å². The molecular formula is C18H19NO2S. The Morgan fingerprint density at radius 2 is 2.00 bits per heavy atom. The molecule has 3 rings (SSSR count). The summed E-state index contributed by atoms with van der Waals surface area (Å²) in [5.74, 6) is 1.72. The Labute approximate surface area is 135 Å². The first-order valence-electron chi connectivity index (χ1n) is 7.43. The predicted octanol–water partition coefficient (Wildman–Crippen LogP) is 3.73. The molecule has 2 aromatic carbocycles. The zero-order valence-corrected chi connectivity index (χ0v) is 13.4. The van der Waals surface area contributed by atoms with Crippen molar-refractivity contribution in [1.82, 2.24) is 5.32 Å². The van der Waals surface area contributed by atoms with Crippen molar-refractivity contribution in [3.63, 3.8) is 0 Å². The SMILES string of the molecule is Cc1ccccc1OCC(=O)N[C@H]1CCSc2ccccc21. The first-order valence-corrected chi connectivity index (χ1v) is 8.42. The van der Waals surface area contributed by atoms with E-state index in [0.717, 1.165) is 23.5 Å². The zero-order chi connectivity index (χ0) is 15.4. The van der Waals surface area contributed by atoms with Crippen LogP contribution in [0.25, 0.3) is 0 Å². The molecule has 0 unspecified atom stereocenters. The molecule has 22 heavy (non-hydrogen) atoms. The maximum Gasteiger partial charge on any atom is 0.258 e. The van der Waals surface area contributed by atoms with Crippen LogP contribution >= 0.6 is 11.8 Å². The first-order chi connectivity index (χ1) is 10.7. The van der Waals surface area contributed by atoms with Gasteiger partial charge in [-0.15, -0.1) is 11.8 Å². The van der Waals surface area contributed by atoms with Gasteiger partial charge in [0.05, 0.1) is 6.04 Å². The van der Waals surface area contributed by atoms with E-state index >= 15 is 0 Å². The molecule has 0 aromatic heterocycles. The fourth-order valence-electron chi connectivity index (χ4n) is 2.59. The largest absolute Gasteiger partial charge is 0.484 e. The Hall–Kier alpha value is -1.94. The van der Waals surface area contributed by atoms with Crippen LogP contribution in [0.2, 0.25) is 0 Å². The highest BCUT2D eigenvalue weighted by atomic mass is 32.2. The van der Waals surface area contributed by atoms with Crippen molar-refractivity contribution in [2.75, 3.05) is 12.4 Å². The molecule has 1 N–H and O–H groups in total. The molecule has 4 heteroatoms. The Balaban J connectivity index is 1.60. The van der Waals surface area contributed by atoms with Gasteiger partial charge in [-0.2, -0.15) is 0 Å². The maximum atomic E-state index is 12.2. The lowest BCUT2D eigenvalue weighted by Crippen LogP contribution is -2.34. The fraction of sp³-hybridized carbons (Fsp3) is 0.278. The lowest BCUT2D eigenvalue weighted by atomic mass is 10.0. The third-order valence-electron chi connectivity index (χ3n) is 3.75. The molecule has 0 saturated heterocycles. The molecular weight excluding hydrogens is 294 g/mol. The zero-order valence-electron chi connectivity index (χ0n) is 12.5. The molecule has 2 aromatic rings. The minimum absolute atomic E-state index is 0.0522. The second-order valence-electron chi connectivity index (χ2n) is 5.35. The van der Waals surface area contributed by atoms with Crippen molar-refractivity contribution in [3.8, 4) is 5.75 Å². The Bertz CT molecular complexity index is 672. The standard InChI is InChI=1S/C18H19NO2S/c1-13-6-2-4-8-16(13)21-12-18(20)19-15-10-11-22-17-9-5-3-7-14(15)17/h2-9,15H,10-12H2,1H3,(H,19,20)/t15-/m0/s1. The molecule has 1 aliphatic rings. The lowest BCUT2D eigenvalue weighted by Gasteiger charge is -2.25. The smallest absolute Gasteiger partial charge is 0.258 e. The third-order valence-corrected chi connectivity index (χ3v) is 4.87. The van der Waals surface area contributed by atoms with E-state index in [-0.39, 0.29) is 18.6 Å². The number of aryl methyl sites for hydroxylation is 1. The lowest BCUT2D eigenvalue weighted by molar-refractivity contribution is -0.123. The van der Waals surface area contributed by atoms with Crippen LogP contribution in [-0.2, 0) is 4.79 Å². The van der Waals surface area contributed by atoms with Gasteiger partial charge in [0.1, 0.15) is 5.75 Å². The van der Waals surface area contributed by atoms with Gasteiger partial charge in [-0.1, -0.05) is 36.4 Å². The summed E-state index contributed by atoms with van der Waals surface area (Å²) in [6, 6.07) is 16.1. The summed E-state index contributed by atoms with van der Waals surface area (Å²) in [7, 11) is 0. The van der Waals surface area contributed by atoms with Crippen LogP contribution in [0.5, 0.6) is 5.75 Å². The summed E-state index contributed by atoms with van der Waals surface area (Å²) in [5, 5.41) is 3.09. The summed E-state index contributed by atoms with van der Waals surface area (Å²) >= 11 is 1.85. The number of benzene rings is 2. The van der Waals surface area contributed by atoms with Gasteiger partial charge >= 0.3 is 0 Å². The maximum absolute atomic E-state index is 12.2. The number of rotatable bonds is 4. The van der Waals surface area contributed by atoms with Gasteiger partial charge in [-0.25, -0.2) is 0 Å². The molecule has 114 valence electrons. The minimum Gasteiger partial charge on any atom is -0.484 e. The van der Waals surface area contributed by atoms with Gasteiger partial charge in [-0.3, -0.25) is 4.79 Å². The number of amides is 1. The highest BCUT2D eigenvalue weighted by Gasteiger charge is 2.21. The first kappa shape index (κ1) is 15.0. The second kappa shape index (κ2) is 6.88. The van der Waals surface area contributed by atoms with Crippen LogP contribution in [0.15, 0.2) is 53.4 Å². The van der Waals surface area contributed by atoms with Crippen LogP contribution in [0.4, 0.5) is 0 Å². The van der Waals surface area contributed by atoms with E-state index in [1.807, 2.05) is 55.1 Å². The second-order valence-corrected chi connectivity index (χ2v) is 6.49. The molecule has 0 bridgehead atoms. The number of fused-ring (bicyclic) bond motifs is 1. The molecule has 1 heterocycles. The highest BCUT2D eigenvalue weighted by molar-refractivity contribution is 7.99. The van der Waals surface area contributed by atoms with Crippen molar-refractivity contribution in [2.24, 2.45) is 0 Å². The number of ether oxygens (including phenoxy) is 1. The van der Waals surface area contributed by atoms with Crippen molar-refractivity contribution < 1.29 is 9.53 Å². The molecule has 1 atom stereocenters. The molecule has 0 fully saturated rings. The van der Waals surface area contributed by atoms with Gasteiger partial charge in [0.2, 0.25) is 0 Å². The summed E-state index contributed by atoms with van der Waals surface area (Å²) in [6.07, 6.45) is 0.956. The fourth-order valence-corrected chi connectivity index (χ4v) is 3.71. The van der Waals surface area contributed by atoms with E-state index in [2.05, 4.69) is 17.4 Å². The number of hydrogen-bond acceptors (Lipinski definition) is 3. The molecule has 1 aliphatic heterocycles. The van der Waals surface area contributed by atoms with Crippen LogP contribution < -0.4 is 10.1 Å². The van der Waals surface area contributed by atoms with Crippen molar-refractivity contribution in [2.45, 2.75) is 24.3 Å². The number of nitrogens with one attached hydrogen (secondary N) is 1. The Morgan fingerprint density at radius 3 is 2.86 bits per heavy atom. The van der Waals surface area contributed by atoms with Gasteiger partial charge in [0.15, 0.2) is 6.61 Å². The molecule has 0 saturated carbocycles. The number of carbonyl (C=O) groups excluding carboxylic acids is 1. The van der Waals surface area contributed by atoms with Crippen LogP contribution in [0, 0.1) is 6.92 Å². The predicted molar refractivity (Wildman–Crippen MR) is 89.3 cm³/mol. The Morgan fingerprint density at radius 1 is 1.23 bits per heavy atom. The summed E-state index contributed by atoms with van der Waals surface area (Å²) in [4.78, 5) is 13.4. The summed E-state index contributed by atoms with van der Waals surface area (Å²) in [6.45, 7) is 2.03. The molecule has 0 spiro atoms. The quantitative estimate of drug-likeness (QED) is 0.935. The minimum atomic E-state index is -0.0741. The topological polar surface area (TPSA) is 38.3 Å². The van der Waals surface area contributed by atoms with Crippen molar-refractivity contribution in [3.05, 3.63) is 59.7 Å². The Kier molecular flexibility index (Phi) is 4.68. The molecule has 0 radical (unpaired) electrons. The van der Waals surface area contributed by atoms with E-state index in [1.165, 1.54) is 10.5 Å². The average Bonchev–Trinajstić information content (AvgIpc) is 2.54. The normalized spacial score (nSPS) is 16.7. The van der Waals surface area contributed by atoms with E-state index < -0.39 is 0 Å². The van der Waals surface area contributed by atoms with Gasteiger partial charge < -0.3 is 10.1 Å². The monoisotopic (exact) mass is 313 g/mol. The van der Waals surface area contributed by atoms with E-state index in [0.29, 0.717) is 0 Å². The van der Waals surface area contributed by atoms with E-state index in [1.54, 1.807) is 0 Å². The van der Waals surface area contributed by atoms with Crippen molar-refractivity contribution >= 4 is 17.7 Å². The van der Waals surface area contributed by atoms with E-state index in [9.17, 15) is 4.79 Å². The number of thioether (sulfide) groups is 1. The van der Waals surface area contributed by atoms with Crippen LogP contribution in [0.1, 0.15) is 23.6 Å². The average molecular weight is 313 g/mol. The van der Waals surface area contributed by atoms with Crippen LogP contribution in [-0.4, -0.2) is 18.3 Å². The molecule has 3 nitrogen and oxygen atoms in total. The van der Waals surface area contributed by atoms with Gasteiger partial charge in [0.25, 0.3) is 5.91 Å². The van der Waals surface area contributed by atoms with Gasteiger partial charge in [0, 0.05) is 10.6 Å². The molecule has 1 amide bonds. The van der Waals surface area contributed by atoms with Gasteiger partial charge in [-0.05, 0) is 36.6 Å². The molecule has 0 aliphatic carbocycles. The number of hydrogen-bond donors (Lipinski definition) is 1. The van der Waals surface area contributed by atoms with E-state index in [4.69, 9.17) is 4.74 Å². The third kappa shape index (κ3) is 3.45. The number of carbonyl (C=O) groups is 1. The summed E-state index contributed by atoms with van der Waals surface area (Å²) < 4.78 is 5.61. The van der Waals surface area contributed by atoms with Crippen molar-refractivity contribution in [1.29, 1.82) is 0 Å².